The van der Waals surface area contributed by atoms with Crippen molar-refractivity contribution in [2.45, 2.75) is 76.8 Å². The third kappa shape index (κ3) is 3.93. The maximum Gasteiger partial charge on any atom is 0.223 e. The number of likely N-dealkylation sites (tertiary alicyclic amines) is 1. The Morgan fingerprint density at radius 2 is 1.96 bits per heavy atom. The highest BCUT2D eigenvalue weighted by atomic mass is 16.2. The van der Waals surface area contributed by atoms with Crippen LogP contribution in [0, 0.1) is 5.92 Å². The van der Waals surface area contributed by atoms with Gasteiger partial charge >= 0.3 is 0 Å². The molecule has 5 heteroatoms. The number of hydrogen-bond donors (Lipinski definition) is 0. The summed E-state index contributed by atoms with van der Waals surface area (Å²) >= 11 is 0. The van der Waals surface area contributed by atoms with Crippen molar-refractivity contribution in [1.82, 2.24) is 19.8 Å². The van der Waals surface area contributed by atoms with Gasteiger partial charge in [0.15, 0.2) is 5.82 Å². The van der Waals surface area contributed by atoms with Crippen LogP contribution in [-0.4, -0.2) is 45.8 Å². The lowest BCUT2D eigenvalue weighted by atomic mass is 9.97. The van der Waals surface area contributed by atoms with E-state index in [9.17, 15) is 4.79 Å². The highest BCUT2D eigenvalue weighted by Gasteiger charge is 2.31. The highest BCUT2D eigenvalue weighted by molar-refractivity contribution is 5.76. The predicted octanol–water partition coefficient (Wildman–Crippen LogP) is 3.49. The van der Waals surface area contributed by atoms with E-state index in [0.29, 0.717) is 12.3 Å². The summed E-state index contributed by atoms with van der Waals surface area (Å²) in [6.07, 6.45) is 13.4. The second-order valence-electron chi connectivity index (χ2n) is 8.48. The van der Waals surface area contributed by atoms with Crippen molar-refractivity contribution in [2.75, 3.05) is 20.1 Å². The van der Waals surface area contributed by atoms with Gasteiger partial charge < -0.3 is 9.80 Å². The average molecular weight is 357 g/mol. The van der Waals surface area contributed by atoms with Gasteiger partial charge in [0.25, 0.3) is 0 Å². The van der Waals surface area contributed by atoms with Gasteiger partial charge in [0, 0.05) is 49.9 Å². The fourth-order valence-electron chi connectivity index (χ4n) is 4.90. The van der Waals surface area contributed by atoms with Crippen molar-refractivity contribution in [3.8, 4) is 0 Å². The number of aromatic nitrogens is 2. The van der Waals surface area contributed by atoms with E-state index in [1.807, 2.05) is 6.20 Å². The number of nitrogens with zero attached hydrogens (tertiary/aromatic N) is 4. The van der Waals surface area contributed by atoms with Crippen LogP contribution in [0.2, 0.25) is 0 Å². The molecule has 142 valence electrons. The summed E-state index contributed by atoms with van der Waals surface area (Å²) in [5.41, 5.74) is 2.44. The van der Waals surface area contributed by atoms with Gasteiger partial charge in [-0.25, -0.2) is 9.97 Å². The molecular formula is C21H32N4O. The lowest BCUT2D eigenvalue weighted by Gasteiger charge is -2.35. The summed E-state index contributed by atoms with van der Waals surface area (Å²) in [6.45, 7) is 2.86. The van der Waals surface area contributed by atoms with Gasteiger partial charge in [-0.3, -0.25) is 4.79 Å². The fraction of sp³-hybridized carbons (Fsp3) is 0.762. The van der Waals surface area contributed by atoms with E-state index < -0.39 is 0 Å². The Kier molecular flexibility index (Phi) is 5.53. The number of piperidine rings is 1. The number of carbonyl (C=O) groups is 1. The Hall–Kier alpha value is -1.49. The number of fused-ring (bicyclic) bond motifs is 1. The van der Waals surface area contributed by atoms with E-state index in [1.165, 1.54) is 43.4 Å². The predicted molar refractivity (Wildman–Crippen MR) is 102 cm³/mol. The zero-order chi connectivity index (χ0) is 17.9. The normalized spacial score (nSPS) is 24.7. The maximum atomic E-state index is 12.9. The number of carbonyl (C=O) groups excluding carboxylic acids is 1. The summed E-state index contributed by atoms with van der Waals surface area (Å²) < 4.78 is 0. The van der Waals surface area contributed by atoms with Crippen molar-refractivity contribution in [3.63, 3.8) is 0 Å². The van der Waals surface area contributed by atoms with Crippen LogP contribution in [0.25, 0.3) is 0 Å². The molecule has 26 heavy (non-hydrogen) atoms. The molecule has 1 amide bonds. The largest absolute Gasteiger partial charge is 0.332 e. The molecule has 1 saturated heterocycles. The van der Waals surface area contributed by atoms with Gasteiger partial charge in [0.1, 0.15) is 0 Å². The molecule has 3 aliphatic rings. The molecule has 0 N–H and O–H groups in total. The molecular weight excluding hydrogens is 324 g/mol. The average Bonchev–Trinajstić information content (AvgIpc) is 3.19. The number of rotatable bonds is 4. The first-order chi connectivity index (χ1) is 12.7. The van der Waals surface area contributed by atoms with Gasteiger partial charge in [0.05, 0.1) is 6.04 Å². The van der Waals surface area contributed by atoms with E-state index in [-0.39, 0.29) is 6.04 Å². The van der Waals surface area contributed by atoms with Crippen molar-refractivity contribution >= 4 is 5.91 Å². The Labute approximate surface area is 157 Å². The van der Waals surface area contributed by atoms with Crippen LogP contribution in [0.4, 0.5) is 0 Å². The quantitative estimate of drug-likeness (QED) is 0.829. The van der Waals surface area contributed by atoms with Gasteiger partial charge in [-0.15, -0.1) is 0 Å². The molecule has 4 rings (SSSR count). The first-order valence-electron chi connectivity index (χ1n) is 10.5. The van der Waals surface area contributed by atoms with Crippen molar-refractivity contribution in [1.29, 1.82) is 0 Å². The van der Waals surface area contributed by atoms with E-state index in [0.717, 1.165) is 57.1 Å². The molecule has 0 aromatic carbocycles. The van der Waals surface area contributed by atoms with Crippen LogP contribution in [0.5, 0.6) is 0 Å². The molecule has 0 radical (unpaired) electrons. The van der Waals surface area contributed by atoms with Gasteiger partial charge in [0.2, 0.25) is 5.91 Å². The first-order valence-corrected chi connectivity index (χ1v) is 10.5. The fourth-order valence-corrected chi connectivity index (χ4v) is 4.90. The van der Waals surface area contributed by atoms with Crippen LogP contribution in [0.15, 0.2) is 6.20 Å². The van der Waals surface area contributed by atoms with Gasteiger partial charge in [-0.2, -0.15) is 0 Å². The third-order valence-corrected chi connectivity index (χ3v) is 6.51. The monoisotopic (exact) mass is 356 g/mol. The maximum absolute atomic E-state index is 12.9. The number of likely N-dealkylation sites (N-methyl/N-ethyl adjacent to an activating group) is 1. The minimum Gasteiger partial charge on any atom is -0.332 e. The zero-order valence-corrected chi connectivity index (χ0v) is 16.1. The summed E-state index contributed by atoms with van der Waals surface area (Å²) in [7, 11) is 2.14. The van der Waals surface area contributed by atoms with Crippen molar-refractivity contribution < 1.29 is 4.79 Å². The number of amides is 1. The standard InChI is InChI=1S/C21H32N4O/c1-24-13-11-18-17(15-24)14-22-21(23-18)19-8-4-5-12-25(19)20(26)10-9-16-6-2-3-7-16/h14,16,19H,2-13,15H2,1H3. The lowest BCUT2D eigenvalue weighted by molar-refractivity contribution is -0.135. The van der Waals surface area contributed by atoms with E-state index in [1.54, 1.807) is 0 Å². The minimum absolute atomic E-state index is 0.0878. The molecule has 0 spiro atoms. The Bertz CT molecular complexity index is 641. The van der Waals surface area contributed by atoms with Crippen LogP contribution >= 0.6 is 0 Å². The summed E-state index contributed by atoms with van der Waals surface area (Å²) in [5.74, 6) is 1.98. The molecule has 1 aromatic rings. The third-order valence-electron chi connectivity index (χ3n) is 6.51. The molecule has 2 aliphatic heterocycles. The molecule has 3 heterocycles. The summed E-state index contributed by atoms with van der Waals surface area (Å²) in [6, 6.07) is 0.0878. The Morgan fingerprint density at radius 3 is 2.81 bits per heavy atom. The molecule has 1 aromatic heterocycles. The molecule has 1 aliphatic carbocycles. The molecule has 2 fully saturated rings. The van der Waals surface area contributed by atoms with Crippen molar-refractivity contribution in [2.24, 2.45) is 5.92 Å². The highest BCUT2D eigenvalue weighted by Crippen LogP contribution is 2.33. The zero-order valence-electron chi connectivity index (χ0n) is 16.1. The van der Waals surface area contributed by atoms with E-state index in [2.05, 4.69) is 21.8 Å². The SMILES string of the molecule is CN1CCc2nc(C3CCCCN3C(=O)CCC3CCCC3)ncc2C1. The molecule has 1 atom stereocenters. The molecule has 5 nitrogen and oxygen atoms in total. The molecule has 0 bridgehead atoms. The second kappa shape index (κ2) is 8.03. The van der Waals surface area contributed by atoms with Crippen molar-refractivity contribution in [3.05, 3.63) is 23.3 Å². The molecule has 1 unspecified atom stereocenters. The van der Waals surface area contributed by atoms with Crippen LogP contribution in [-0.2, 0) is 17.8 Å². The van der Waals surface area contributed by atoms with Gasteiger partial charge in [-0.1, -0.05) is 25.7 Å². The summed E-state index contributed by atoms with van der Waals surface area (Å²) in [4.78, 5) is 26.9. The van der Waals surface area contributed by atoms with E-state index >= 15 is 0 Å². The minimum atomic E-state index is 0.0878. The van der Waals surface area contributed by atoms with Crippen LogP contribution in [0.3, 0.4) is 0 Å². The van der Waals surface area contributed by atoms with Crippen LogP contribution in [0.1, 0.15) is 80.9 Å². The second-order valence-corrected chi connectivity index (χ2v) is 8.48. The molecule has 1 saturated carbocycles. The lowest BCUT2D eigenvalue weighted by Crippen LogP contribution is -2.39. The first kappa shape index (κ1) is 17.9. The van der Waals surface area contributed by atoms with E-state index in [4.69, 9.17) is 4.98 Å². The Balaban J connectivity index is 1.45. The number of hydrogen-bond acceptors (Lipinski definition) is 4. The smallest absolute Gasteiger partial charge is 0.223 e. The topological polar surface area (TPSA) is 49.3 Å². The summed E-state index contributed by atoms with van der Waals surface area (Å²) in [5, 5.41) is 0. The Morgan fingerprint density at radius 1 is 1.15 bits per heavy atom. The van der Waals surface area contributed by atoms with Crippen LogP contribution < -0.4 is 0 Å². The van der Waals surface area contributed by atoms with Gasteiger partial charge in [-0.05, 0) is 38.6 Å².